The molecule has 0 saturated carbocycles. The molecule has 19 heteroatoms. The highest BCUT2D eigenvalue weighted by molar-refractivity contribution is 7.47. The Morgan fingerprint density at radius 1 is 0.274 bits per heavy atom. The van der Waals surface area contributed by atoms with Crippen molar-refractivity contribution in [1.82, 2.24) is 0 Å². The molecule has 5 atom stereocenters. The maximum absolute atomic E-state index is 13.1. The molecule has 0 aromatic carbocycles. The van der Waals surface area contributed by atoms with Gasteiger partial charge < -0.3 is 33.8 Å². The third-order valence-electron chi connectivity index (χ3n) is 15.8. The summed E-state index contributed by atoms with van der Waals surface area (Å²) in [5.74, 6) is -2.42. The minimum atomic E-state index is -5.02. The van der Waals surface area contributed by atoms with Crippen LogP contribution in [0.15, 0.2) is 182 Å². The van der Waals surface area contributed by atoms with E-state index in [-0.39, 0.29) is 25.7 Å². The lowest BCUT2D eigenvalue weighted by atomic mass is 10.1. The highest BCUT2D eigenvalue weighted by atomic mass is 31.2. The van der Waals surface area contributed by atoms with Crippen LogP contribution in [-0.2, 0) is 65.4 Å². The first-order chi connectivity index (χ1) is 51.7. The van der Waals surface area contributed by atoms with E-state index in [2.05, 4.69) is 180 Å². The Morgan fingerprint density at radius 2 is 0.519 bits per heavy atom. The highest BCUT2D eigenvalue weighted by Gasteiger charge is 2.30. The molecule has 0 spiro atoms. The summed E-state index contributed by atoms with van der Waals surface area (Å²) in [6.45, 7) is 4.44. The third-order valence-corrected chi connectivity index (χ3v) is 17.7. The van der Waals surface area contributed by atoms with Crippen molar-refractivity contribution in [3.8, 4) is 0 Å². The lowest BCUT2D eigenvalue weighted by molar-refractivity contribution is -0.161. The molecule has 0 rings (SSSR count). The van der Waals surface area contributed by atoms with Gasteiger partial charge >= 0.3 is 39.5 Å². The molecule has 0 aromatic heterocycles. The Bertz CT molecular complexity index is 2730. The molecule has 0 aliphatic heterocycles. The fourth-order valence-corrected chi connectivity index (χ4v) is 11.3. The van der Waals surface area contributed by atoms with Crippen molar-refractivity contribution >= 4 is 39.5 Å². The number of aliphatic hydroxyl groups is 1. The SMILES string of the molecule is CCC=CCC=CCC=CCC=CCC=CCC=CCCC(=O)OCC(COP(=O)(O)OCC(O)COP(=O)(O)OCC(COC(=O)CCCCC=CCC=CCC=CCCCCC)OC(=O)CCCCCCCC=CCC=CCCCCC)OC(=O)CCCC=CCC=CCC=CCC=CCCCCC. The lowest BCUT2D eigenvalue weighted by Crippen LogP contribution is -2.30. The number of rotatable bonds is 73. The Morgan fingerprint density at radius 3 is 0.868 bits per heavy atom. The maximum Gasteiger partial charge on any atom is 0.472 e. The van der Waals surface area contributed by atoms with E-state index in [1.54, 1.807) is 0 Å². The van der Waals surface area contributed by atoms with Gasteiger partial charge in [0.25, 0.3) is 0 Å². The van der Waals surface area contributed by atoms with Gasteiger partial charge in [0.1, 0.15) is 19.3 Å². The van der Waals surface area contributed by atoms with E-state index < -0.39 is 97.5 Å². The number of carbonyl (C=O) groups excluding carboxylic acids is 4. The molecule has 0 radical (unpaired) electrons. The Hall–Kier alpha value is -5.84. The molecular formula is C87H140O17P2. The molecule has 3 N–H and O–H groups in total. The zero-order valence-corrected chi connectivity index (χ0v) is 67.3. The van der Waals surface area contributed by atoms with E-state index >= 15 is 0 Å². The second-order valence-electron chi connectivity index (χ2n) is 25.9. The number of aliphatic hydroxyl groups excluding tert-OH is 1. The molecule has 0 fully saturated rings. The zero-order chi connectivity index (χ0) is 77.4. The first-order valence-corrected chi connectivity index (χ1v) is 43.0. The van der Waals surface area contributed by atoms with E-state index in [0.717, 1.165) is 135 Å². The number of allylic oxidation sites excluding steroid dienone is 30. The van der Waals surface area contributed by atoms with Gasteiger partial charge in [-0.05, 0) is 173 Å². The van der Waals surface area contributed by atoms with Gasteiger partial charge in [-0.2, -0.15) is 0 Å². The number of ether oxygens (including phenoxy) is 4. The van der Waals surface area contributed by atoms with Gasteiger partial charge in [0.2, 0.25) is 0 Å². The number of hydrogen-bond acceptors (Lipinski definition) is 15. The zero-order valence-electron chi connectivity index (χ0n) is 65.5. The van der Waals surface area contributed by atoms with Crippen LogP contribution >= 0.6 is 15.6 Å². The second kappa shape index (κ2) is 77.3. The quantitative estimate of drug-likeness (QED) is 0.0169. The van der Waals surface area contributed by atoms with Crippen molar-refractivity contribution in [3.05, 3.63) is 182 Å². The van der Waals surface area contributed by atoms with E-state index in [4.69, 9.17) is 37.0 Å². The average molecular weight is 1520 g/mol. The number of phosphoric acid groups is 2. The molecule has 0 saturated heterocycles. The lowest BCUT2D eigenvalue weighted by Gasteiger charge is -2.21. The number of carbonyl (C=O) groups is 4. The van der Waals surface area contributed by atoms with Crippen LogP contribution in [0.1, 0.15) is 285 Å². The molecule has 17 nitrogen and oxygen atoms in total. The van der Waals surface area contributed by atoms with Gasteiger partial charge in [0.05, 0.1) is 26.4 Å². The molecule has 0 aliphatic rings. The number of phosphoric ester groups is 2. The predicted molar refractivity (Wildman–Crippen MR) is 436 cm³/mol. The largest absolute Gasteiger partial charge is 0.472 e. The topological polar surface area (TPSA) is 237 Å². The summed E-state index contributed by atoms with van der Waals surface area (Å²) in [5, 5.41) is 10.6. The molecule has 106 heavy (non-hydrogen) atoms. The summed E-state index contributed by atoms with van der Waals surface area (Å²) in [4.78, 5) is 73.0. The maximum atomic E-state index is 13.1. The fourth-order valence-electron chi connectivity index (χ4n) is 9.74. The summed E-state index contributed by atoms with van der Waals surface area (Å²) in [5.41, 5.74) is 0. The summed E-state index contributed by atoms with van der Waals surface area (Å²) in [7, 11) is -10.0. The van der Waals surface area contributed by atoms with E-state index in [1.165, 1.54) is 57.8 Å². The van der Waals surface area contributed by atoms with Gasteiger partial charge in [0, 0.05) is 25.7 Å². The van der Waals surface area contributed by atoms with E-state index in [1.807, 2.05) is 30.4 Å². The monoisotopic (exact) mass is 1520 g/mol. The minimum absolute atomic E-state index is 0.00514. The Kier molecular flexibility index (Phi) is 73.1. The molecule has 0 heterocycles. The molecule has 0 aromatic rings. The van der Waals surface area contributed by atoms with Crippen LogP contribution in [0.5, 0.6) is 0 Å². The summed E-state index contributed by atoms with van der Waals surface area (Å²) < 4.78 is 68.4. The van der Waals surface area contributed by atoms with Crippen molar-refractivity contribution in [2.24, 2.45) is 0 Å². The van der Waals surface area contributed by atoms with Gasteiger partial charge in [-0.1, -0.05) is 268 Å². The standard InChI is InChI=1S/C87H140O17P2/c1-5-9-13-17-21-25-29-33-37-39-40-42-45-48-52-56-60-64-68-72-85(90)98-78-83(104-87(92)74-70-66-62-58-54-50-46-41-38-34-30-26-22-18-14-10-6-2)80-102-106(95,96)100-76-81(88)75-99-105(93,94)101-79-82(103-86(91)73-69-65-61-57-53-49-44-36-32-28-24-20-16-12-8-4)77-97-84(89)71-67-63-59-55-51-47-43-35-31-27-23-19-15-11-7-3/h9,13,21-28,33-38,40,42-44,46,48,50-52,55,58,60,62,64,81-83,88H,5-8,10-12,14-20,29-32,39,41,45,47,49,53-54,56-57,59,61,63,65-80H2,1-4H3,(H,93,94)(H,95,96). The smallest absolute Gasteiger partial charge is 0.462 e. The molecule has 0 aliphatic carbocycles. The van der Waals surface area contributed by atoms with Crippen LogP contribution in [0.3, 0.4) is 0 Å². The van der Waals surface area contributed by atoms with Crippen molar-refractivity contribution < 1.29 is 80.2 Å². The predicted octanol–water partition coefficient (Wildman–Crippen LogP) is 23.6. The highest BCUT2D eigenvalue weighted by Crippen LogP contribution is 2.45. The van der Waals surface area contributed by atoms with Gasteiger partial charge in [0.15, 0.2) is 12.2 Å². The fraction of sp³-hybridized carbons (Fsp3) is 0.609. The first kappa shape index (κ1) is 100. The van der Waals surface area contributed by atoms with Gasteiger partial charge in [-0.25, -0.2) is 9.13 Å². The van der Waals surface area contributed by atoms with Crippen LogP contribution in [0, 0.1) is 0 Å². The van der Waals surface area contributed by atoms with Crippen molar-refractivity contribution in [2.45, 2.75) is 303 Å². The summed E-state index contributed by atoms with van der Waals surface area (Å²) >= 11 is 0. The Balaban J connectivity index is 5.55. The van der Waals surface area contributed by atoms with Crippen molar-refractivity contribution in [3.63, 3.8) is 0 Å². The van der Waals surface area contributed by atoms with Gasteiger partial charge in [-0.3, -0.25) is 37.3 Å². The van der Waals surface area contributed by atoms with Crippen LogP contribution in [0.4, 0.5) is 0 Å². The van der Waals surface area contributed by atoms with Crippen LogP contribution in [0.2, 0.25) is 0 Å². The van der Waals surface area contributed by atoms with Crippen molar-refractivity contribution in [2.75, 3.05) is 39.6 Å². The van der Waals surface area contributed by atoms with Crippen LogP contribution in [0.25, 0.3) is 0 Å². The molecular weight excluding hydrogens is 1380 g/mol. The average Bonchev–Trinajstić information content (AvgIpc) is 0.902. The minimum Gasteiger partial charge on any atom is -0.462 e. The van der Waals surface area contributed by atoms with Gasteiger partial charge in [-0.15, -0.1) is 0 Å². The number of esters is 4. The Labute approximate surface area is 641 Å². The molecule has 600 valence electrons. The van der Waals surface area contributed by atoms with E-state index in [9.17, 15) is 43.2 Å². The van der Waals surface area contributed by atoms with E-state index in [0.29, 0.717) is 38.5 Å². The third kappa shape index (κ3) is 76.4. The number of hydrogen-bond donors (Lipinski definition) is 3. The van der Waals surface area contributed by atoms with Crippen LogP contribution in [-0.4, -0.2) is 96.7 Å². The number of unbranched alkanes of at least 4 members (excludes halogenated alkanes) is 17. The van der Waals surface area contributed by atoms with Crippen LogP contribution < -0.4 is 0 Å². The normalized spacial score (nSPS) is 14.8. The summed E-state index contributed by atoms with van der Waals surface area (Å²) in [6.07, 6.45) is 93.2. The summed E-state index contributed by atoms with van der Waals surface area (Å²) in [6, 6.07) is 0. The second-order valence-corrected chi connectivity index (χ2v) is 28.8. The van der Waals surface area contributed by atoms with Crippen molar-refractivity contribution in [1.29, 1.82) is 0 Å². The first-order valence-electron chi connectivity index (χ1n) is 40.0. The molecule has 0 bridgehead atoms. The molecule has 0 amide bonds. The molecule has 5 unspecified atom stereocenters.